The molecule has 6 heteroatoms. The molecular weight excluding hydrogens is 301 g/mol. The minimum Gasteiger partial charge on any atom is -0.489 e. The summed E-state index contributed by atoms with van der Waals surface area (Å²) in [5, 5.41) is 7.29. The molecule has 1 heterocycles. The summed E-state index contributed by atoms with van der Waals surface area (Å²) >= 11 is 2.02. The molecule has 4 nitrogen and oxygen atoms in total. The van der Waals surface area contributed by atoms with Crippen LogP contribution in [0.3, 0.4) is 0 Å². The molecule has 0 saturated carbocycles. The van der Waals surface area contributed by atoms with Crippen molar-refractivity contribution in [3.8, 4) is 5.75 Å². The number of aliphatic imine (C=N–C) groups is 1. The van der Waals surface area contributed by atoms with Crippen molar-refractivity contribution in [2.24, 2.45) is 4.99 Å². The van der Waals surface area contributed by atoms with Crippen LogP contribution < -0.4 is 15.4 Å². The van der Waals surface area contributed by atoms with Gasteiger partial charge < -0.3 is 15.4 Å². The summed E-state index contributed by atoms with van der Waals surface area (Å²) in [4.78, 5) is 4.22. The van der Waals surface area contributed by atoms with E-state index in [1.165, 1.54) is 30.7 Å². The largest absolute Gasteiger partial charge is 0.489 e. The Labute approximate surface area is 135 Å². The normalized spacial score (nSPS) is 19.8. The summed E-state index contributed by atoms with van der Waals surface area (Å²) in [7, 11) is 1.77. The first-order chi connectivity index (χ1) is 10.7. The zero-order chi connectivity index (χ0) is 15.8. The number of ether oxygens (including phenoxy) is 1. The van der Waals surface area contributed by atoms with Gasteiger partial charge in [0.05, 0.1) is 6.54 Å². The summed E-state index contributed by atoms with van der Waals surface area (Å²) in [6.45, 7) is 3.54. The van der Waals surface area contributed by atoms with Gasteiger partial charge in [0.1, 0.15) is 17.7 Å². The highest BCUT2D eigenvalue weighted by Crippen LogP contribution is 2.25. The maximum Gasteiger partial charge on any atom is 0.191 e. The van der Waals surface area contributed by atoms with Crippen molar-refractivity contribution < 1.29 is 9.13 Å². The molecule has 1 saturated heterocycles. The van der Waals surface area contributed by atoms with Crippen LogP contribution in [0.15, 0.2) is 29.3 Å². The highest BCUT2D eigenvalue weighted by atomic mass is 32.2. The van der Waals surface area contributed by atoms with E-state index in [2.05, 4.69) is 15.6 Å². The Morgan fingerprint density at radius 2 is 2.18 bits per heavy atom. The molecule has 22 heavy (non-hydrogen) atoms. The fraction of sp³-hybridized carbons (Fsp3) is 0.562. The minimum atomic E-state index is -0.257. The fourth-order valence-electron chi connectivity index (χ4n) is 2.26. The first-order valence-electron chi connectivity index (χ1n) is 7.65. The quantitative estimate of drug-likeness (QED) is 0.623. The molecule has 1 aliphatic rings. The second-order valence-electron chi connectivity index (χ2n) is 5.35. The molecule has 1 aromatic carbocycles. The topological polar surface area (TPSA) is 45.7 Å². The maximum absolute atomic E-state index is 12.8. The summed E-state index contributed by atoms with van der Waals surface area (Å²) in [5.74, 6) is 2.47. The lowest BCUT2D eigenvalue weighted by Crippen LogP contribution is -2.43. The van der Waals surface area contributed by atoms with Crippen molar-refractivity contribution in [1.82, 2.24) is 10.6 Å². The van der Waals surface area contributed by atoms with Gasteiger partial charge in [-0.05, 0) is 49.8 Å². The number of halogens is 1. The van der Waals surface area contributed by atoms with E-state index in [1.54, 1.807) is 19.2 Å². The van der Waals surface area contributed by atoms with Gasteiger partial charge in [-0.1, -0.05) is 0 Å². The average Bonchev–Trinajstić information content (AvgIpc) is 3.03. The van der Waals surface area contributed by atoms with Crippen molar-refractivity contribution in [1.29, 1.82) is 0 Å². The summed E-state index contributed by atoms with van der Waals surface area (Å²) < 4.78 is 18.6. The highest BCUT2D eigenvalue weighted by Gasteiger charge is 2.15. The Kier molecular flexibility index (Phi) is 6.83. The number of rotatable bonds is 6. The lowest BCUT2D eigenvalue weighted by atomic mass is 10.2. The van der Waals surface area contributed by atoms with E-state index >= 15 is 0 Å². The number of nitrogens with zero attached hydrogens (tertiary/aromatic N) is 1. The maximum atomic E-state index is 12.8. The van der Waals surface area contributed by atoms with E-state index < -0.39 is 0 Å². The smallest absolute Gasteiger partial charge is 0.191 e. The molecular formula is C16H24FN3OS. The van der Waals surface area contributed by atoms with Gasteiger partial charge in [-0.3, -0.25) is 4.99 Å². The van der Waals surface area contributed by atoms with Crippen molar-refractivity contribution in [2.45, 2.75) is 31.1 Å². The van der Waals surface area contributed by atoms with Crippen LogP contribution in [0.4, 0.5) is 4.39 Å². The SMILES string of the molecule is CN=C(NCC(C)Oc1ccc(F)cc1)NCC1CCCS1. The molecule has 1 aromatic rings. The Balaban J connectivity index is 1.69. The van der Waals surface area contributed by atoms with E-state index in [4.69, 9.17) is 4.74 Å². The number of guanidine groups is 1. The third-order valence-corrected chi connectivity index (χ3v) is 4.85. The first kappa shape index (κ1) is 16.9. The zero-order valence-electron chi connectivity index (χ0n) is 13.1. The number of hydrogen-bond acceptors (Lipinski definition) is 3. The molecule has 2 atom stereocenters. The van der Waals surface area contributed by atoms with E-state index in [0.29, 0.717) is 17.5 Å². The predicted molar refractivity (Wildman–Crippen MR) is 91.3 cm³/mol. The van der Waals surface area contributed by atoms with Gasteiger partial charge in [-0.25, -0.2) is 4.39 Å². The lowest BCUT2D eigenvalue weighted by Gasteiger charge is -2.18. The first-order valence-corrected chi connectivity index (χ1v) is 8.70. The number of hydrogen-bond donors (Lipinski definition) is 2. The van der Waals surface area contributed by atoms with Crippen LogP contribution in [0.5, 0.6) is 5.75 Å². The Bertz CT molecular complexity index is 475. The standard InChI is InChI=1S/C16H24FN3OS/c1-12(21-14-7-5-13(17)6-8-14)10-19-16(18-2)20-11-15-4-3-9-22-15/h5-8,12,15H,3-4,9-11H2,1-2H3,(H2,18,19,20). The average molecular weight is 325 g/mol. The van der Waals surface area contributed by atoms with Gasteiger partial charge in [0.15, 0.2) is 5.96 Å². The predicted octanol–water partition coefficient (Wildman–Crippen LogP) is 2.65. The zero-order valence-corrected chi connectivity index (χ0v) is 14.0. The van der Waals surface area contributed by atoms with Crippen LogP contribution in [0.1, 0.15) is 19.8 Å². The summed E-state index contributed by atoms with van der Waals surface area (Å²) in [5.41, 5.74) is 0. The van der Waals surface area contributed by atoms with E-state index in [0.717, 1.165) is 12.5 Å². The molecule has 2 N–H and O–H groups in total. The Morgan fingerprint density at radius 3 is 2.82 bits per heavy atom. The molecule has 0 radical (unpaired) electrons. The molecule has 1 fully saturated rings. The number of nitrogens with one attached hydrogen (secondary N) is 2. The van der Waals surface area contributed by atoms with E-state index in [9.17, 15) is 4.39 Å². The van der Waals surface area contributed by atoms with Gasteiger partial charge in [0, 0.05) is 18.8 Å². The molecule has 0 aliphatic carbocycles. The summed E-state index contributed by atoms with van der Waals surface area (Å²) in [6, 6.07) is 6.07. The third-order valence-electron chi connectivity index (χ3n) is 3.45. The molecule has 0 aromatic heterocycles. The molecule has 0 bridgehead atoms. The van der Waals surface area contributed by atoms with E-state index in [-0.39, 0.29) is 11.9 Å². The van der Waals surface area contributed by atoms with Crippen molar-refractivity contribution in [3.05, 3.63) is 30.1 Å². The fourth-order valence-corrected chi connectivity index (χ4v) is 3.47. The number of thioether (sulfide) groups is 1. The second kappa shape index (κ2) is 8.88. The Hall–Kier alpha value is -1.43. The monoisotopic (exact) mass is 325 g/mol. The number of benzene rings is 1. The molecule has 2 unspecified atom stereocenters. The second-order valence-corrected chi connectivity index (χ2v) is 6.76. The van der Waals surface area contributed by atoms with Gasteiger partial charge in [0.2, 0.25) is 0 Å². The van der Waals surface area contributed by atoms with Gasteiger partial charge in [-0.15, -0.1) is 0 Å². The van der Waals surface area contributed by atoms with Crippen molar-refractivity contribution >= 4 is 17.7 Å². The van der Waals surface area contributed by atoms with Crippen LogP contribution in [0.2, 0.25) is 0 Å². The Morgan fingerprint density at radius 1 is 1.41 bits per heavy atom. The van der Waals surface area contributed by atoms with Crippen LogP contribution >= 0.6 is 11.8 Å². The van der Waals surface area contributed by atoms with Crippen LogP contribution in [0.25, 0.3) is 0 Å². The third kappa shape index (κ3) is 5.75. The van der Waals surface area contributed by atoms with Crippen LogP contribution in [-0.2, 0) is 0 Å². The van der Waals surface area contributed by atoms with Crippen LogP contribution in [-0.4, -0.2) is 43.2 Å². The minimum absolute atomic E-state index is 0.0372. The van der Waals surface area contributed by atoms with Crippen LogP contribution in [0, 0.1) is 5.82 Å². The van der Waals surface area contributed by atoms with E-state index in [1.807, 2.05) is 18.7 Å². The molecule has 122 valence electrons. The van der Waals surface area contributed by atoms with Gasteiger partial charge in [-0.2, -0.15) is 11.8 Å². The molecule has 2 rings (SSSR count). The molecule has 0 spiro atoms. The van der Waals surface area contributed by atoms with Gasteiger partial charge in [0.25, 0.3) is 0 Å². The van der Waals surface area contributed by atoms with Gasteiger partial charge >= 0.3 is 0 Å². The molecule has 1 aliphatic heterocycles. The lowest BCUT2D eigenvalue weighted by molar-refractivity contribution is 0.223. The highest BCUT2D eigenvalue weighted by molar-refractivity contribution is 8.00. The van der Waals surface area contributed by atoms with Crippen molar-refractivity contribution in [2.75, 3.05) is 25.9 Å². The summed E-state index contributed by atoms with van der Waals surface area (Å²) in [6.07, 6.45) is 2.55. The molecule has 0 amide bonds. The van der Waals surface area contributed by atoms with Crippen molar-refractivity contribution in [3.63, 3.8) is 0 Å².